The molecule has 0 unspecified atom stereocenters. The molecule has 94 valence electrons. The maximum absolute atomic E-state index is 11.6. The zero-order valence-corrected chi connectivity index (χ0v) is 10.8. The second-order valence-electron chi connectivity index (χ2n) is 4.60. The predicted molar refractivity (Wildman–Crippen MR) is 74.2 cm³/mol. The third-order valence-electron chi connectivity index (χ3n) is 3.06. The first-order chi connectivity index (χ1) is 9.15. The average molecular weight is 251 g/mol. The lowest BCUT2D eigenvalue weighted by Crippen LogP contribution is -1.91. The average Bonchev–Trinajstić information content (AvgIpc) is 2.82. The summed E-state index contributed by atoms with van der Waals surface area (Å²) >= 11 is 0. The maximum Gasteiger partial charge on any atom is 0.227 e. The first-order valence-corrected chi connectivity index (χ1v) is 6.12. The molecule has 0 radical (unpaired) electrons. The van der Waals surface area contributed by atoms with Gasteiger partial charge in [0.2, 0.25) is 5.89 Å². The third kappa shape index (κ3) is 2.03. The number of rotatable bonds is 2. The first-order valence-electron chi connectivity index (χ1n) is 6.12. The van der Waals surface area contributed by atoms with Gasteiger partial charge in [0, 0.05) is 5.56 Å². The number of carbonyl (C=O) groups excluding carboxylic acids is 1. The van der Waals surface area contributed by atoms with Crippen molar-refractivity contribution in [2.24, 2.45) is 0 Å². The Morgan fingerprint density at radius 3 is 2.68 bits per heavy atom. The van der Waals surface area contributed by atoms with Gasteiger partial charge in [-0.05, 0) is 38.1 Å². The fourth-order valence-electron chi connectivity index (χ4n) is 2.13. The standard InChI is InChI=1S/C16H13NO2/c1-10-5-3-6-12(9-10)16-17-14-8-4-7-13(11(2)18)15(14)19-16/h3-9H,1-2H3. The largest absolute Gasteiger partial charge is 0.435 e. The molecular weight excluding hydrogens is 238 g/mol. The SMILES string of the molecule is CC(=O)c1cccc2nc(-c3cccc(C)c3)oc12. The van der Waals surface area contributed by atoms with E-state index < -0.39 is 0 Å². The zero-order valence-electron chi connectivity index (χ0n) is 10.8. The van der Waals surface area contributed by atoms with Crippen LogP contribution in [0.1, 0.15) is 22.8 Å². The number of hydrogen-bond donors (Lipinski definition) is 0. The number of Topliss-reactive ketones (excluding diaryl/α,β-unsaturated/α-hetero) is 1. The second kappa shape index (κ2) is 4.35. The summed E-state index contributed by atoms with van der Waals surface area (Å²) in [6.45, 7) is 3.55. The molecule has 0 atom stereocenters. The molecule has 0 bridgehead atoms. The number of para-hydroxylation sites is 1. The van der Waals surface area contributed by atoms with Crippen molar-refractivity contribution >= 4 is 16.9 Å². The molecule has 1 aromatic heterocycles. The van der Waals surface area contributed by atoms with E-state index in [1.54, 1.807) is 6.07 Å². The highest BCUT2D eigenvalue weighted by Crippen LogP contribution is 2.27. The van der Waals surface area contributed by atoms with Gasteiger partial charge in [0.1, 0.15) is 5.52 Å². The molecule has 0 N–H and O–H groups in total. The molecule has 0 aliphatic carbocycles. The van der Waals surface area contributed by atoms with E-state index in [9.17, 15) is 4.79 Å². The fraction of sp³-hybridized carbons (Fsp3) is 0.125. The monoisotopic (exact) mass is 251 g/mol. The van der Waals surface area contributed by atoms with Crippen LogP contribution in [-0.2, 0) is 0 Å². The highest BCUT2D eigenvalue weighted by molar-refractivity contribution is 6.04. The maximum atomic E-state index is 11.6. The van der Waals surface area contributed by atoms with Gasteiger partial charge in [-0.2, -0.15) is 0 Å². The highest BCUT2D eigenvalue weighted by atomic mass is 16.3. The summed E-state index contributed by atoms with van der Waals surface area (Å²) in [6.07, 6.45) is 0. The molecule has 0 fully saturated rings. The van der Waals surface area contributed by atoms with Crippen LogP contribution in [0.3, 0.4) is 0 Å². The van der Waals surface area contributed by atoms with Crippen LogP contribution in [0.25, 0.3) is 22.6 Å². The Labute approximate surface area is 110 Å². The van der Waals surface area contributed by atoms with Gasteiger partial charge in [-0.1, -0.05) is 23.8 Å². The molecule has 0 saturated carbocycles. The van der Waals surface area contributed by atoms with E-state index in [0.29, 0.717) is 22.6 Å². The highest BCUT2D eigenvalue weighted by Gasteiger charge is 2.13. The molecule has 3 aromatic rings. The Balaban J connectivity index is 2.22. The van der Waals surface area contributed by atoms with Crippen LogP contribution in [0.2, 0.25) is 0 Å². The molecular formula is C16H13NO2. The summed E-state index contributed by atoms with van der Waals surface area (Å²) in [6, 6.07) is 13.4. The lowest BCUT2D eigenvalue weighted by atomic mass is 10.1. The smallest absolute Gasteiger partial charge is 0.227 e. The van der Waals surface area contributed by atoms with Crippen LogP contribution in [-0.4, -0.2) is 10.8 Å². The van der Waals surface area contributed by atoms with Gasteiger partial charge in [-0.15, -0.1) is 0 Å². The summed E-state index contributed by atoms with van der Waals surface area (Å²) in [5, 5.41) is 0. The van der Waals surface area contributed by atoms with E-state index in [1.807, 2.05) is 43.3 Å². The van der Waals surface area contributed by atoms with Gasteiger partial charge < -0.3 is 4.42 Å². The Kier molecular flexibility index (Phi) is 2.67. The second-order valence-corrected chi connectivity index (χ2v) is 4.60. The van der Waals surface area contributed by atoms with Crippen LogP contribution >= 0.6 is 0 Å². The summed E-state index contributed by atoms with van der Waals surface area (Å²) in [7, 11) is 0. The molecule has 0 aliphatic rings. The molecule has 3 nitrogen and oxygen atoms in total. The molecule has 3 heteroatoms. The zero-order chi connectivity index (χ0) is 13.4. The van der Waals surface area contributed by atoms with Gasteiger partial charge in [-0.25, -0.2) is 4.98 Å². The van der Waals surface area contributed by atoms with Crippen molar-refractivity contribution in [2.45, 2.75) is 13.8 Å². The number of aryl methyl sites for hydroxylation is 1. The molecule has 0 amide bonds. The summed E-state index contributed by atoms with van der Waals surface area (Å²) in [5.41, 5.74) is 3.91. The minimum Gasteiger partial charge on any atom is -0.435 e. The minimum absolute atomic E-state index is 0.0162. The van der Waals surface area contributed by atoms with Gasteiger partial charge in [0.05, 0.1) is 5.56 Å². The van der Waals surface area contributed by atoms with Gasteiger partial charge in [-0.3, -0.25) is 4.79 Å². The quantitative estimate of drug-likeness (QED) is 0.646. The molecule has 0 spiro atoms. The van der Waals surface area contributed by atoms with E-state index in [-0.39, 0.29) is 5.78 Å². The van der Waals surface area contributed by atoms with Crippen molar-refractivity contribution in [2.75, 3.05) is 0 Å². The van der Waals surface area contributed by atoms with Gasteiger partial charge in [0.25, 0.3) is 0 Å². The molecule has 3 rings (SSSR count). The summed E-state index contributed by atoms with van der Waals surface area (Å²) < 4.78 is 5.77. The fourth-order valence-corrected chi connectivity index (χ4v) is 2.13. The van der Waals surface area contributed by atoms with Crippen LogP contribution in [0.4, 0.5) is 0 Å². The molecule has 0 aliphatic heterocycles. The van der Waals surface area contributed by atoms with Crippen molar-refractivity contribution < 1.29 is 9.21 Å². The minimum atomic E-state index is -0.0162. The first kappa shape index (κ1) is 11.7. The molecule has 19 heavy (non-hydrogen) atoms. The lowest BCUT2D eigenvalue weighted by molar-refractivity contribution is 0.101. The van der Waals surface area contributed by atoms with Crippen LogP contribution in [0, 0.1) is 6.92 Å². The van der Waals surface area contributed by atoms with E-state index >= 15 is 0 Å². The van der Waals surface area contributed by atoms with Crippen molar-refractivity contribution in [1.29, 1.82) is 0 Å². The van der Waals surface area contributed by atoms with Gasteiger partial charge >= 0.3 is 0 Å². The predicted octanol–water partition coefficient (Wildman–Crippen LogP) is 4.01. The lowest BCUT2D eigenvalue weighted by Gasteiger charge is -1.96. The van der Waals surface area contributed by atoms with E-state index in [1.165, 1.54) is 6.92 Å². The Morgan fingerprint density at radius 1 is 1.16 bits per heavy atom. The van der Waals surface area contributed by atoms with Crippen LogP contribution < -0.4 is 0 Å². The third-order valence-corrected chi connectivity index (χ3v) is 3.06. The number of hydrogen-bond acceptors (Lipinski definition) is 3. The Morgan fingerprint density at radius 2 is 1.95 bits per heavy atom. The molecule has 2 aromatic carbocycles. The number of benzene rings is 2. The van der Waals surface area contributed by atoms with Gasteiger partial charge in [0.15, 0.2) is 11.4 Å². The molecule has 0 saturated heterocycles. The number of fused-ring (bicyclic) bond motifs is 1. The van der Waals surface area contributed by atoms with E-state index in [2.05, 4.69) is 4.98 Å². The number of oxazole rings is 1. The van der Waals surface area contributed by atoms with Crippen LogP contribution in [0.5, 0.6) is 0 Å². The normalized spacial score (nSPS) is 10.8. The number of nitrogens with zero attached hydrogens (tertiary/aromatic N) is 1. The molecule has 1 heterocycles. The number of aromatic nitrogens is 1. The van der Waals surface area contributed by atoms with Crippen molar-refractivity contribution in [1.82, 2.24) is 4.98 Å². The van der Waals surface area contributed by atoms with E-state index in [0.717, 1.165) is 11.1 Å². The Hall–Kier alpha value is -2.42. The number of carbonyl (C=O) groups is 1. The van der Waals surface area contributed by atoms with Crippen molar-refractivity contribution in [3.63, 3.8) is 0 Å². The summed E-state index contributed by atoms with van der Waals surface area (Å²) in [4.78, 5) is 16.0. The van der Waals surface area contributed by atoms with Crippen LogP contribution in [0.15, 0.2) is 46.9 Å². The summed E-state index contributed by atoms with van der Waals surface area (Å²) in [5.74, 6) is 0.532. The van der Waals surface area contributed by atoms with Crippen molar-refractivity contribution in [3.05, 3.63) is 53.6 Å². The Bertz CT molecular complexity index is 771. The number of ketones is 1. The van der Waals surface area contributed by atoms with Crippen molar-refractivity contribution in [3.8, 4) is 11.5 Å². The van der Waals surface area contributed by atoms with E-state index in [4.69, 9.17) is 4.42 Å². The topological polar surface area (TPSA) is 43.1 Å².